The molecule has 1 aromatic rings. The molecule has 0 radical (unpaired) electrons. The van der Waals surface area contributed by atoms with E-state index in [2.05, 4.69) is 19.9 Å². The van der Waals surface area contributed by atoms with Crippen molar-refractivity contribution in [2.45, 2.75) is 38.2 Å². The molecule has 162 valence electrons. The highest BCUT2D eigenvalue weighted by molar-refractivity contribution is 5.81. The first-order valence-electron chi connectivity index (χ1n) is 9.49. The normalized spacial score (nSPS) is 18.0. The molecule has 0 bridgehead atoms. The summed E-state index contributed by atoms with van der Waals surface area (Å²) in [7, 11) is 3.54. The number of guanidine groups is 1. The second-order valence-electron chi connectivity index (χ2n) is 7.10. The van der Waals surface area contributed by atoms with Crippen LogP contribution in [0.3, 0.4) is 0 Å². The van der Waals surface area contributed by atoms with Gasteiger partial charge in [0.25, 0.3) is 0 Å². The van der Waals surface area contributed by atoms with E-state index < -0.39 is 6.36 Å². The minimum Gasteiger partial charge on any atom is -0.406 e. The fourth-order valence-electron chi connectivity index (χ4n) is 3.20. The Kier molecular flexibility index (Phi) is 8.12. The SMILES string of the molecule is CN(C)C(=O)C1CCCN1CCCNC(N)=NCc1ccc(OC(F)(F)F)cc1. The molecular formula is C19H28F3N5O2. The minimum atomic E-state index is -4.71. The smallest absolute Gasteiger partial charge is 0.406 e. The summed E-state index contributed by atoms with van der Waals surface area (Å²) < 4.78 is 40.3. The Bertz CT molecular complexity index is 692. The molecule has 1 unspecified atom stereocenters. The van der Waals surface area contributed by atoms with Gasteiger partial charge in [-0.3, -0.25) is 9.69 Å². The van der Waals surface area contributed by atoms with Gasteiger partial charge in [-0.25, -0.2) is 4.99 Å². The molecule has 0 aliphatic carbocycles. The van der Waals surface area contributed by atoms with Crippen molar-refractivity contribution < 1.29 is 22.7 Å². The molecule has 0 aromatic heterocycles. The Morgan fingerprint density at radius 2 is 2.03 bits per heavy atom. The number of halogens is 3. The second kappa shape index (κ2) is 10.3. The van der Waals surface area contributed by atoms with Gasteiger partial charge in [0, 0.05) is 27.2 Å². The standard InChI is InChI=1S/C19H28F3N5O2/c1-26(2)17(28)16-5-3-11-27(16)12-4-10-24-18(23)25-13-14-6-8-15(9-7-14)29-19(20,21)22/h6-9,16H,3-5,10-13H2,1-2H3,(H3,23,24,25). The van der Waals surface area contributed by atoms with Crippen molar-refractivity contribution in [3.8, 4) is 5.75 Å². The van der Waals surface area contributed by atoms with E-state index in [1.807, 2.05) is 0 Å². The van der Waals surface area contributed by atoms with Gasteiger partial charge >= 0.3 is 6.36 Å². The van der Waals surface area contributed by atoms with E-state index in [1.165, 1.54) is 24.3 Å². The van der Waals surface area contributed by atoms with Gasteiger partial charge in [-0.2, -0.15) is 0 Å². The predicted molar refractivity (Wildman–Crippen MR) is 104 cm³/mol. The zero-order chi connectivity index (χ0) is 21.4. The van der Waals surface area contributed by atoms with Crippen molar-refractivity contribution in [1.29, 1.82) is 0 Å². The minimum absolute atomic E-state index is 0.0414. The molecular weight excluding hydrogens is 387 g/mol. The van der Waals surface area contributed by atoms with Crippen molar-refractivity contribution in [2.75, 3.05) is 33.7 Å². The first kappa shape index (κ1) is 22.8. The molecule has 0 saturated carbocycles. The molecule has 1 aromatic carbocycles. The number of amides is 1. The summed E-state index contributed by atoms with van der Waals surface area (Å²) in [6.07, 6.45) is -1.98. The summed E-state index contributed by atoms with van der Waals surface area (Å²) in [5.41, 5.74) is 6.55. The average molecular weight is 415 g/mol. The molecule has 0 spiro atoms. The van der Waals surface area contributed by atoms with Crippen LogP contribution in [0.5, 0.6) is 5.75 Å². The van der Waals surface area contributed by atoms with E-state index in [4.69, 9.17) is 5.73 Å². The highest BCUT2D eigenvalue weighted by Gasteiger charge is 2.31. The third kappa shape index (κ3) is 7.80. The van der Waals surface area contributed by atoms with E-state index in [1.54, 1.807) is 19.0 Å². The number of hydrogen-bond acceptors (Lipinski definition) is 4. The highest BCUT2D eigenvalue weighted by Crippen LogP contribution is 2.23. The van der Waals surface area contributed by atoms with Crippen LogP contribution in [0.15, 0.2) is 29.3 Å². The summed E-state index contributed by atoms with van der Waals surface area (Å²) >= 11 is 0. The number of carbonyl (C=O) groups excluding carboxylic acids is 1. The Hall–Kier alpha value is -2.49. The molecule has 1 saturated heterocycles. The molecule has 3 N–H and O–H groups in total. The number of nitrogens with zero attached hydrogens (tertiary/aromatic N) is 3. The number of nitrogens with two attached hydrogens (primary N) is 1. The van der Waals surface area contributed by atoms with Gasteiger partial charge in [0.05, 0.1) is 12.6 Å². The molecule has 7 nitrogen and oxygen atoms in total. The number of likely N-dealkylation sites (N-methyl/N-ethyl adjacent to an activating group) is 1. The van der Waals surface area contributed by atoms with Crippen LogP contribution < -0.4 is 15.8 Å². The van der Waals surface area contributed by atoms with Crippen LogP contribution in [0.25, 0.3) is 0 Å². The van der Waals surface area contributed by atoms with Crippen molar-refractivity contribution in [3.63, 3.8) is 0 Å². The number of carbonyl (C=O) groups is 1. The number of ether oxygens (including phenoxy) is 1. The third-order valence-electron chi connectivity index (χ3n) is 4.61. The molecule has 1 aliphatic heterocycles. The van der Waals surface area contributed by atoms with Crippen LogP contribution >= 0.6 is 0 Å². The number of alkyl halides is 3. The average Bonchev–Trinajstić information content (AvgIpc) is 3.11. The lowest BCUT2D eigenvalue weighted by molar-refractivity contribution is -0.274. The molecule has 1 fully saturated rings. The topological polar surface area (TPSA) is 83.2 Å². The number of rotatable bonds is 8. The van der Waals surface area contributed by atoms with Crippen LogP contribution in [0, 0.1) is 0 Å². The number of hydrogen-bond donors (Lipinski definition) is 2. The van der Waals surface area contributed by atoms with Crippen LogP contribution in [-0.4, -0.2) is 67.8 Å². The van der Waals surface area contributed by atoms with Gasteiger partial charge in [0.15, 0.2) is 5.96 Å². The van der Waals surface area contributed by atoms with Gasteiger partial charge in [-0.05, 0) is 43.5 Å². The molecule has 1 atom stereocenters. The van der Waals surface area contributed by atoms with Crippen molar-refractivity contribution in [2.24, 2.45) is 10.7 Å². The lowest BCUT2D eigenvalue weighted by Gasteiger charge is -2.26. The predicted octanol–water partition coefficient (Wildman–Crippen LogP) is 1.93. The molecule has 2 rings (SSSR count). The Morgan fingerprint density at radius 1 is 1.34 bits per heavy atom. The van der Waals surface area contributed by atoms with E-state index >= 15 is 0 Å². The van der Waals surface area contributed by atoms with E-state index in [-0.39, 0.29) is 30.2 Å². The summed E-state index contributed by atoms with van der Waals surface area (Å²) in [6, 6.07) is 5.45. The summed E-state index contributed by atoms with van der Waals surface area (Å²) in [5, 5.41) is 3.02. The molecule has 1 amide bonds. The third-order valence-corrected chi connectivity index (χ3v) is 4.61. The number of aliphatic imine (C=N–C) groups is 1. The fourth-order valence-corrected chi connectivity index (χ4v) is 3.20. The largest absolute Gasteiger partial charge is 0.573 e. The molecule has 10 heteroatoms. The maximum atomic E-state index is 12.2. The van der Waals surface area contributed by atoms with Crippen LogP contribution in [0.1, 0.15) is 24.8 Å². The Balaban J connectivity index is 1.70. The summed E-state index contributed by atoms with van der Waals surface area (Å²) in [6.45, 7) is 2.58. The van der Waals surface area contributed by atoms with Crippen LogP contribution in [0.4, 0.5) is 13.2 Å². The fraction of sp³-hybridized carbons (Fsp3) is 0.579. The lowest BCUT2D eigenvalue weighted by atomic mass is 10.2. The monoisotopic (exact) mass is 415 g/mol. The Labute approximate surface area is 168 Å². The quantitative estimate of drug-likeness (QED) is 0.385. The zero-order valence-electron chi connectivity index (χ0n) is 16.7. The molecule has 1 aliphatic rings. The van der Waals surface area contributed by atoms with Crippen molar-refractivity contribution in [3.05, 3.63) is 29.8 Å². The van der Waals surface area contributed by atoms with Crippen LogP contribution in [0.2, 0.25) is 0 Å². The molecule has 29 heavy (non-hydrogen) atoms. The van der Waals surface area contributed by atoms with Gasteiger partial charge in [0.1, 0.15) is 5.75 Å². The maximum Gasteiger partial charge on any atom is 0.573 e. The first-order valence-corrected chi connectivity index (χ1v) is 9.49. The van der Waals surface area contributed by atoms with Gasteiger partial charge in [-0.15, -0.1) is 13.2 Å². The first-order chi connectivity index (χ1) is 13.7. The summed E-state index contributed by atoms with van der Waals surface area (Å²) in [5.74, 6) is 0.135. The Morgan fingerprint density at radius 3 is 2.66 bits per heavy atom. The summed E-state index contributed by atoms with van der Waals surface area (Å²) in [4.78, 5) is 20.2. The van der Waals surface area contributed by atoms with Crippen molar-refractivity contribution in [1.82, 2.24) is 15.1 Å². The highest BCUT2D eigenvalue weighted by atomic mass is 19.4. The zero-order valence-corrected chi connectivity index (χ0v) is 16.7. The van der Waals surface area contributed by atoms with Gasteiger partial charge in [0.2, 0.25) is 5.91 Å². The number of likely N-dealkylation sites (tertiary alicyclic amines) is 1. The van der Waals surface area contributed by atoms with E-state index in [0.717, 1.165) is 32.4 Å². The maximum absolute atomic E-state index is 12.2. The van der Waals surface area contributed by atoms with Gasteiger partial charge in [-0.1, -0.05) is 12.1 Å². The van der Waals surface area contributed by atoms with E-state index in [9.17, 15) is 18.0 Å². The van der Waals surface area contributed by atoms with Crippen LogP contribution in [-0.2, 0) is 11.3 Å². The lowest BCUT2D eigenvalue weighted by Crippen LogP contribution is -2.43. The molecule has 1 heterocycles. The number of nitrogens with one attached hydrogen (secondary N) is 1. The second-order valence-corrected chi connectivity index (χ2v) is 7.10. The van der Waals surface area contributed by atoms with Gasteiger partial charge < -0.3 is 20.7 Å². The van der Waals surface area contributed by atoms with E-state index in [0.29, 0.717) is 12.1 Å². The van der Waals surface area contributed by atoms with Crippen molar-refractivity contribution >= 4 is 11.9 Å². The number of benzene rings is 1.